The van der Waals surface area contributed by atoms with Crippen molar-refractivity contribution in [3.63, 3.8) is 0 Å². The van der Waals surface area contributed by atoms with Crippen LogP contribution in [0.1, 0.15) is 65.7 Å². The topological polar surface area (TPSA) is 49.4 Å². The monoisotopic (exact) mass is 282 g/mol. The van der Waals surface area contributed by atoms with Gasteiger partial charge in [-0.25, -0.2) is 0 Å². The fourth-order valence-corrected chi connectivity index (χ4v) is 2.65. The average Bonchev–Trinajstić information content (AvgIpc) is 2.87. The van der Waals surface area contributed by atoms with Crippen LogP contribution in [-0.4, -0.2) is 35.8 Å². The standard InChI is InChI=1S/C16H30N2O2/c1-4-5-11-17-16(20)14-9-7-12-18(14)15(19)10-6-8-13(2)3/h13-14H,4-12H2,1-3H3,(H,17,20)/t14-/m0/s1. The van der Waals surface area contributed by atoms with E-state index in [1.165, 1.54) is 0 Å². The van der Waals surface area contributed by atoms with Crippen molar-refractivity contribution in [2.24, 2.45) is 5.92 Å². The Bertz CT molecular complexity index is 316. The minimum atomic E-state index is -0.224. The van der Waals surface area contributed by atoms with Crippen molar-refractivity contribution < 1.29 is 9.59 Å². The number of carbonyl (C=O) groups is 2. The van der Waals surface area contributed by atoms with Crippen molar-refractivity contribution in [3.8, 4) is 0 Å². The van der Waals surface area contributed by atoms with E-state index in [4.69, 9.17) is 0 Å². The van der Waals surface area contributed by atoms with Gasteiger partial charge in [-0.2, -0.15) is 0 Å². The van der Waals surface area contributed by atoms with E-state index < -0.39 is 0 Å². The lowest BCUT2D eigenvalue weighted by atomic mass is 10.1. The van der Waals surface area contributed by atoms with Crippen LogP contribution in [0.2, 0.25) is 0 Å². The highest BCUT2D eigenvalue weighted by molar-refractivity contribution is 5.88. The van der Waals surface area contributed by atoms with Gasteiger partial charge >= 0.3 is 0 Å². The van der Waals surface area contributed by atoms with Gasteiger partial charge in [-0.1, -0.05) is 33.6 Å². The van der Waals surface area contributed by atoms with Crippen molar-refractivity contribution in [1.29, 1.82) is 0 Å². The van der Waals surface area contributed by atoms with E-state index in [1.807, 2.05) is 0 Å². The molecule has 20 heavy (non-hydrogen) atoms. The number of likely N-dealkylation sites (tertiary alicyclic amines) is 1. The second kappa shape index (κ2) is 8.98. The van der Waals surface area contributed by atoms with Gasteiger partial charge in [0, 0.05) is 19.5 Å². The lowest BCUT2D eigenvalue weighted by molar-refractivity contribution is -0.138. The highest BCUT2D eigenvalue weighted by Gasteiger charge is 2.33. The molecular formula is C16H30N2O2. The van der Waals surface area contributed by atoms with Crippen molar-refractivity contribution >= 4 is 11.8 Å². The summed E-state index contributed by atoms with van der Waals surface area (Å²) >= 11 is 0. The Morgan fingerprint density at radius 2 is 2.05 bits per heavy atom. The second-order valence-electron chi connectivity index (χ2n) is 6.18. The van der Waals surface area contributed by atoms with Crippen molar-refractivity contribution in [3.05, 3.63) is 0 Å². The molecule has 1 atom stereocenters. The van der Waals surface area contributed by atoms with Crippen LogP contribution in [-0.2, 0) is 9.59 Å². The third kappa shape index (κ3) is 5.51. The molecule has 2 amide bonds. The summed E-state index contributed by atoms with van der Waals surface area (Å²) in [6.45, 7) is 7.91. The van der Waals surface area contributed by atoms with Crippen LogP contribution < -0.4 is 5.32 Å². The number of hydrogen-bond acceptors (Lipinski definition) is 2. The van der Waals surface area contributed by atoms with Gasteiger partial charge in [-0.15, -0.1) is 0 Å². The molecule has 0 radical (unpaired) electrons. The molecule has 0 aromatic rings. The third-order valence-corrected chi connectivity index (χ3v) is 3.88. The number of nitrogens with zero attached hydrogens (tertiary/aromatic N) is 1. The molecule has 4 nitrogen and oxygen atoms in total. The predicted octanol–water partition coefficient (Wildman–Crippen LogP) is 2.72. The molecule has 0 unspecified atom stereocenters. The van der Waals surface area contributed by atoms with Crippen LogP contribution in [0.3, 0.4) is 0 Å². The van der Waals surface area contributed by atoms with Gasteiger partial charge < -0.3 is 10.2 Å². The summed E-state index contributed by atoms with van der Waals surface area (Å²) in [4.78, 5) is 26.1. The van der Waals surface area contributed by atoms with Gasteiger partial charge in [0.2, 0.25) is 11.8 Å². The SMILES string of the molecule is CCCCNC(=O)[C@@H]1CCCN1C(=O)CCCC(C)C. The number of nitrogens with one attached hydrogen (secondary N) is 1. The number of unbranched alkanes of at least 4 members (excludes halogenated alkanes) is 1. The van der Waals surface area contributed by atoms with E-state index >= 15 is 0 Å². The van der Waals surface area contributed by atoms with Crippen LogP contribution in [0.4, 0.5) is 0 Å². The third-order valence-electron chi connectivity index (χ3n) is 3.88. The molecule has 1 fully saturated rings. The van der Waals surface area contributed by atoms with Gasteiger partial charge in [0.25, 0.3) is 0 Å². The molecule has 0 aromatic carbocycles. The average molecular weight is 282 g/mol. The van der Waals surface area contributed by atoms with Gasteiger partial charge in [0.1, 0.15) is 6.04 Å². The Balaban J connectivity index is 2.39. The first-order valence-electron chi connectivity index (χ1n) is 8.13. The molecule has 0 aliphatic carbocycles. The van der Waals surface area contributed by atoms with Crippen LogP contribution in [0.15, 0.2) is 0 Å². The van der Waals surface area contributed by atoms with Crippen LogP contribution in [0, 0.1) is 5.92 Å². The smallest absolute Gasteiger partial charge is 0.242 e. The molecule has 1 rings (SSSR count). The fraction of sp³-hybridized carbons (Fsp3) is 0.875. The summed E-state index contributed by atoms with van der Waals surface area (Å²) in [6, 6.07) is -0.224. The molecular weight excluding hydrogens is 252 g/mol. The van der Waals surface area contributed by atoms with E-state index in [2.05, 4.69) is 26.1 Å². The zero-order valence-electron chi connectivity index (χ0n) is 13.3. The van der Waals surface area contributed by atoms with E-state index in [9.17, 15) is 9.59 Å². The first-order valence-corrected chi connectivity index (χ1v) is 8.13. The Labute approximate surface area is 123 Å². The Morgan fingerprint density at radius 1 is 1.30 bits per heavy atom. The normalized spacial score (nSPS) is 18.6. The maximum atomic E-state index is 12.2. The van der Waals surface area contributed by atoms with Gasteiger partial charge in [-0.3, -0.25) is 9.59 Å². The fourth-order valence-electron chi connectivity index (χ4n) is 2.65. The molecule has 0 aromatic heterocycles. The summed E-state index contributed by atoms with van der Waals surface area (Å²) in [6.07, 6.45) is 6.42. The lowest BCUT2D eigenvalue weighted by Gasteiger charge is -2.24. The molecule has 1 heterocycles. The minimum Gasteiger partial charge on any atom is -0.354 e. The molecule has 0 spiro atoms. The first-order chi connectivity index (χ1) is 9.56. The summed E-state index contributed by atoms with van der Waals surface area (Å²) < 4.78 is 0. The first kappa shape index (κ1) is 17.0. The molecule has 1 N–H and O–H groups in total. The summed E-state index contributed by atoms with van der Waals surface area (Å²) in [5.41, 5.74) is 0. The second-order valence-corrected chi connectivity index (χ2v) is 6.18. The van der Waals surface area contributed by atoms with Crippen LogP contribution in [0.25, 0.3) is 0 Å². The summed E-state index contributed by atoms with van der Waals surface area (Å²) in [7, 11) is 0. The van der Waals surface area contributed by atoms with Gasteiger partial charge in [0.05, 0.1) is 0 Å². The van der Waals surface area contributed by atoms with Gasteiger partial charge in [-0.05, 0) is 31.6 Å². The zero-order valence-corrected chi connectivity index (χ0v) is 13.3. The van der Waals surface area contributed by atoms with E-state index in [1.54, 1.807) is 4.90 Å². The zero-order chi connectivity index (χ0) is 15.0. The number of amides is 2. The molecule has 1 aliphatic heterocycles. The molecule has 4 heteroatoms. The highest BCUT2D eigenvalue weighted by Crippen LogP contribution is 2.19. The Morgan fingerprint density at radius 3 is 2.70 bits per heavy atom. The highest BCUT2D eigenvalue weighted by atomic mass is 16.2. The van der Waals surface area contributed by atoms with E-state index in [-0.39, 0.29) is 17.9 Å². The van der Waals surface area contributed by atoms with Crippen molar-refractivity contribution in [2.45, 2.75) is 71.8 Å². The quantitative estimate of drug-likeness (QED) is 0.696. The van der Waals surface area contributed by atoms with Crippen molar-refractivity contribution in [1.82, 2.24) is 10.2 Å². The molecule has 0 bridgehead atoms. The molecule has 0 saturated carbocycles. The number of rotatable bonds is 8. The predicted molar refractivity (Wildman–Crippen MR) is 81.3 cm³/mol. The summed E-state index contributed by atoms with van der Waals surface area (Å²) in [5, 5.41) is 2.95. The van der Waals surface area contributed by atoms with Crippen molar-refractivity contribution in [2.75, 3.05) is 13.1 Å². The van der Waals surface area contributed by atoms with Crippen LogP contribution >= 0.6 is 0 Å². The lowest BCUT2D eigenvalue weighted by Crippen LogP contribution is -2.46. The van der Waals surface area contributed by atoms with E-state index in [0.717, 1.165) is 51.6 Å². The Kier molecular flexibility index (Phi) is 7.63. The molecule has 1 saturated heterocycles. The maximum Gasteiger partial charge on any atom is 0.242 e. The number of hydrogen-bond donors (Lipinski definition) is 1. The largest absolute Gasteiger partial charge is 0.354 e. The summed E-state index contributed by atoms with van der Waals surface area (Å²) in [5.74, 6) is 0.821. The van der Waals surface area contributed by atoms with Gasteiger partial charge in [0.15, 0.2) is 0 Å². The Hall–Kier alpha value is -1.06. The minimum absolute atomic E-state index is 0.0353. The molecule has 116 valence electrons. The number of carbonyl (C=O) groups excluding carboxylic acids is 2. The van der Waals surface area contributed by atoms with Crippen LogP contribution in [0.5, 0.6) is 0 Å². The van der Waals surface area contributed by atoms with E-state index in [0.29, 0.717) is 12.3 Å². The molecule has 1 aliphatic rings. The maximum absolute atomic E-state index is 12.2.